The van der Waals surface area contributed by atoms with Gasteiger partial charge in [0.1, 0.15) is 28.9 Å². The molecule has 1 amide bonds. The maximum absolute atomic E-state index is 14.2. The SMILES string of the molecule is CCC(=O)OC1C2C(=C(O)c3c(O)ccc(N(C)C)c3C2C)C(=O)C2(O)C(O)=C(C(N)=O)C(=O)C(N(C)C)C12. The molecule has 0 bridgehead atoms. The van der Waals surface area contributed by atoms with Gasteiger partial charge in [0.05, 0.1) is 17.5 Å². The van der Waals surface area contributed by atoms with Crippen molar-refractivity contribution in [1.29, 1.82) is 0 Å². The van der Waals surface area contributed by atoms with Gasteiger partial charge in [0.15, 0.2) is 11.4 Å². The van der Waals surface area contributed by atoms with Crippen molar-refractivity contribution < 1.29 is 44.3 Å². The van der Waals surface area contributed by atoms with Gasteiger partial charge in [0.25, 0.3) is 5.91 Å². The fourth-order valence-corrected chi connectivity index (χ4v) is 6.41. The number of likely N-dealkylation sites (N-methyl/N-ethyl adjacent to an activating group) is 1. The number of fused-ring (bicyclic) bond motifs is 3. The van der Waals surface area contributed by atoms with Crippen LogP contribution in [0.2, 0.25) is 0 Å². The fraction of sp³-hybridized carbons (Fsp3) is 0.481. The summed E-state index contributed by atoms with van der Waals surface area (Å²) >= 11 is 0. The Morgan fingerprint density at radius 3 is 2.23 bits per heavy atom. The summed E-state index contributed by atoms with van der Waals surface area (Å²) in [4.78, 5) is 55.7. The van der Waals surface area contributed by atoms with Gasteiger partial charge in [-0.05, 0) is 37.7 Å². The summed E-state index contributed by atoms with van der Waals surface area (Å²) in [6, 6.07) is 1.57. The number of nitrogens with two attached hydrogens (primary N) is 1. The molecular formula is C27H33N3O9. The van der Waals surface area contributed by atoms with Crippen LogP contribution in [-0.4, -0.2) is 94.7 Å². The van der Waals surface area contributed by atoms with E-state index in [-0.39, 0.29) is 17.7 Å². The highest BCUT2D eigenvalue weighted by Crippen LogP contribution is 2.58. The minimum atomic E-state index is -2.96. The van der Waals surface area contributed by atoms with Gasteiger partial charge in [-0.15, -0.1) is 0 Å². The first-order valence-electron chi connectivity index (χ1n) is 12.5. The minimum absolute atomic E-state index is 0.0504. The van der Waals surface area contributed by atoms with Crippen molar-refractivity contribution in [3.8, 4) is 5.75 Å². The Labute approximate surface area is 224 Å². The number of Topliss-reactive ketones (excluding diaryl/α,β-unsaturated/α-hetero) is 2. The monoisotopic (exact) mass is 543 g/mol. The molecule has 12 nitrogen and oxygen atoms in total. The largest absolute Gasteiger partial charge is 0.508 e. The smallest absolute Gasteiger partial charge is 0.305 e. The second-order valence-electron chi connectivity index (χ2n) is 10.7. The van der Waals surface area contributed by atoms with Crippen molar-refractivity contribution in [3.05, 3.63) is 40.2 Å². The summed E-state index contributed by atoms with van der Waals surface area (Å²) in [5.74, 6) is -9.85. The number of benzene rings is 1. The number of primary amides is 1. The van der Waals surface area contributed by atoms with E-state index in [1.165, 1.54) is 32.0 Å². The molecule has 4 rings (SSSR count). The number of amides is 1. The van der Waals surface area contributed by atoms with Crippen molar-refractivity contribution in [3.63, 3.8) is 0 Å². The van der Waals surface area contributed by atoms with Crippen molar-refractivity contribution in [2.45, 2.75) is 43.9 Å². The molecule has 3 aliphatic rings. The Kier molecular flexibility index (Phi) is 6.76. The third-order valence-electron chi connectivity index (χ3n) is 8.09. The highest BCUT2D eigenvalue weighted by molar-refractivity contribution is 6.24. The van der Waals surface area contributed by atoms with Crippen LogP contribution in [0.25, 0.3) is 5.76 Å². The molecule has 12 heteroatoms. The lowest BCUT2D eigenvalue weighted by Gasteiger charge is -2.54. The van der Waals surface area contributed by atoms with Gasteiger partial charge in [0, 0.05) is 37.7 Å². The third-order valence-corrected chi connectivity index (χ3v) is 8.09. The molecule has 0 aliphatic heterocycles. The van der Waals surface area contributed by atoms with E-state index in [1.54, 1.807) is 32.0 Å². The van der Waals surface area contributed by atoms with Crippen LogP contribution in [0.3, 0.4) is 0 Å². The van der Waals surface area contributed by atoms with Crippen molar-refractivity contribution in [2.75, 3.05) is 33.1 Å². The molecular weight excluding hydrogens is 510 g/mol. The lowest BCUT2D eigenvalue weighted by atomic mass is 9.54. The standard InChI is InChI=1S/C27H33N3O9/c1-7-13(32)39-23-15-10(2)14-11(29(3)4)8-9-12(31)16(14)21(33)17(15)24(35)27(38)19(23)20(30(5)6)22(34)18(25(27)36)26(28)37/h8-10,15,19-20,23,31,33,36,38H,7H2,1-6H3,(H2,28,37). The van der Waals surface area contributed by atoms with E-state index >= 15 is 0 Å². The van der Waals surface area contributed by atoms with Crippen LogP contribution in [0.4, 0.5) is 5.69 Å². The van der Waals surface area contributed by atoms with Gasteiger partial charge in [0.2, 0.25) is 5.78 Å². The summed E-state index contributed by atoms with van der Waals surface area (Å²) in [5.41, 5.74) is 2.08. The zero-order valence-electron chi connectivity index (χ0n) is 22.6. The van der Waals surface area contributed by atoms with E-state index in [1.807, 2.05) is 0 Å². The Bertz CT molecular complexity index is 1360. The maximum atomic E-state index is 14.2. The number of hydrogen-bond donors (Lipinski definition) is 5. The second kappa shape index (κ2) is 9.38. The Balaban J connectivity index is 2.15. The zero-order valence-corrected chi connectivity index (χ0v) is 22.6. The molecule has 0 heterocycles. The van der Waals surface area contributed by atoms with Crippen molar-refractivity contribution in [2.24, 2.45) is 17.6 Å². The normalized spacial score (nSPS) is 30.1. The highest BCUT2D eigenvalue weighted by Gasteiger charge is 2.69. The van der Waals surface area contributed by atoms with Gasteiger partial charge in [-0.25, -0.2) is 0 Å². The summed E-state index contributed by atoms with van der Waals surface area (Å²) in [7, 11) is 6.45. The highest BCUT2D eigenvalue weighted by atomic mass is 16.5. The third kappa shape index (κ3) is 3.73. The number of nitrogens with zero attached hydrogens (tertiary/aromatic N) is 2. The zero-order chi connectivity index (χ0) is 29.3. The van der Waals surface area contributed by atoms with E-state index in [9.17, 15) is 39.6 Å². The Morgan fingerprint density at radius 1 is 1.10 bits per heavy atom. The number of esters is 1. The van der Waals surface area contributed by atoms with E-state index in [2.05, 4.69) is 0 Å². The molecule has 0 radical (unpaired) electrons. The number of carbonyl (C=O) groups excluding carboxylic acids is 4. The van der Waals surface area contributed by atoms with Crippen LogP contribution in [0, 0.1) is 11.8 Å². The summed E-state index contributed by atoms with van der Waals surface area (Å²) in [6.45, 7) is 3.25. The molecule has 1 fully saturated rings. The number of aliphatic hydroxyl groups is 3. The van der Waals surface area contributed by atoms with Crippen molar-refractivity contribution >= 4 is 34.9 Å². The van der Waals surface area contributed by atoms with Crippen LogP contribution in [0.15, 0.2) is 29.0 Å². The number of hydrogen-bond acceptors (Lipinski definition) is 11. The summed E-state index contributed by atoms with van der Waals surface area (Å²) in [6.07, 6.45) is -1.51. The molecule has 0 aromatic heterocycles. The molecule has 1 aromatic carbocycles. The predicted molar refractivity (Wildman–Crippen MR) is 139 cm³/mol. The number of phenols is 1. The number of anilines is 1. The number of aromatic hydroxyl groups is 1. The summed E-state index contributed by atoms with van der Waals surface area (Å²) in [5, 5.41) is 45.4. The lowest BCUT2D eigenvalue weighted by Crippen LogP contribution is -2.71. The molecule has 0 saturated heterocycles. The molecule has 6 atom stereocenters. The molecule has 6 N–H and O–H groups in total. The number of rotatable bonds is 5. The minimum Gasteiger partial charge on any atom is -0.508 e. The number of aliphatic hydroxyl groups excluding tert-OH is 2. The fourth-order valence-electron chi connectivity index (χ4n) is 6.41. The first-order chi connectivity index (χ1) is 18.1. The molecule has 1 saturated carbocycles. The van der Waals surface area contributed by atoms with Gasteiger partial charge >= 0.3 is 5.97 Å². The number of ether oxygens (including phenoxy) is 1. The van der Waals surface area contributed by atoms with Gasteiger partial charge < -0.3 is 35.8 Å². The molecule has 39 heavy (non-hydrogen) atoms. The number of phenolic OH excluding ortho intramolecular Hbond substituents is 1. The maximum Gasteiger partial charge on any atom is 0.305 e. The van der Waals surface area contributed by atoms with Crippen molar-refractivity contribution in [1.82, 2.24) is 4.90 Å². The molecule has 0 spiro atoms. The average molecular weight is 544 g/mol. The molecule has 6 unspecified atom stereocenters. The van der Waals surface area contributed by atoms with E-state index in [4.69, 9.17) is 10.5 Å². The predicted octanol–water partition coefficient (Wildman–Crippen LogP) is 0.523. The first-order valence-corrected chi connectivity index (χ1v) is 12.5. The van der Waals surface area contributed by atoms with E-state index < -0.39 is 81.6 Å². The van der Waals surface area contributed by atoms with Crippen LogP contribution < -0.4 is 10.6 Å². The van der Waals surface area contributed by atoms with Gasteiger partial charge in [-0.1, -0.05) is 13.8 Å². The van der Waals surface area contributed by atoms with Crippen LogP contribution in [0.5, 0.6) is 5.75 Å². The average Bonchev–Trinajstić information content (AvgIpc) is 2.84. The number of carbonyl (C=O) groups is 4. The lowest BCUT2D eigenvalue weighted by molar-refractivity contribution is -0.185. The summed E-state index contributed by atoms with van der Waals surface area (Å²) < 4.78 is 5.83. The van der Waals surface area contributed by atoms with Gasteiger partial charge in [-0.3, -0.25) is 24.1 Å². The quantitative estimate of drug-likeness (QED) is 0.257. The number of ketones is 2. The van der Waals surface area contributed by atoms with E-state index in [0.717, 1.165) is 0 Å². The van der Waals surface area contributed by atoms with Gasteiger partial charge in [-0.2, -0.15) is 0 Å². The molecule has 1 aromatic rings. The van der Waals surface area contributed by atoms with Crippen LogP contribution in [0.1, 0.15) is 37.3 Å². The molecule has 3 aliphatic carbocycles. The topological polar surface area (TPSA) is 191 Å². The van der Waals surface area contributed by atoms with Crippen LogP contribution in [-0.2, 0) is 23.9 Å². The molecule has 210 valence electrons. The van der Waals surface area contributed by atoms with Crippen LogP contribution >= 0.6 is 0 Å². The first kappa shape index (κ1) is 28.1. The van der Waals surface area contributed by atoms with E-state index in [0.29, 0.717) is 11.3 Å². The Hall–Kier alpha value is -3.90. The second-order valence-corrected chi connectivity index (χ2v) is 10.7. The Morgan fingerprint density at radius 2 is 1.72 bits per heavy atom.